The van der Waals surface area contributed by atoms with Crippen molar-refractivity contribution in [2.75, 3.05) is 0 Å². The molecule has 4 rings (SSSR count). The molecule has 6 nitrogen and oxygen atoms in total. The molecule has 1 atom stereocenters. The maximum Gasteiger partial charge on any atom is 0.225 e. The molecule has 0 bridgehead atoms. The fourth-order valence-electron chi connectivity index (χ4n) is 3.80. The van der Waals surface area contributed by atoms with Crippen LogP contribution in [0.1, 0.15) is 37.8 Å². The fraction of sp³-hybridized carbons (Fsp3) is 0.526. The lowest BCUT2D eigenvalue weighted by atomic mass is 9.91. The highest BCUT2D eigenvalue weighted by atomic mass is 16.5. The Kier molecular flexibility index (Phi) is 4.68. The summed E-state index contributed by atoms with van der Waals surface area (Å²) in [6, 6.07) is 10.2. The highest BCUT2D eigenvalue weighted by Gasteiger charge is 2.29. The number of aromatic nitrogens is 3. The fourth-order valence-corrected chi connectivity index (χ4v) is 3.80. The summed E-state index contributed by atoms with van der Waals surface area (Å²) in [6.45, 7) is 0.646. The average molecular weight is 340 g/mol. The maximum atomic E-state index is 12.6. The third-order valence-electron chi connectivity index (χ3n) is 5.28. The summed E-state index contributed by atoms with van der Waals surface area (Å²) in [7, 11) is 0. The van der Waals surface area contributed by atoms with Gasteiger partial charge in [-0.2, -0.15) is 0 Å². The summed E-state index contributed by atoms with van der Waals surface area (Å²) < 4.78 is 7.88. The molecule has 0 radical (unpaired) electrons. The van der Waals surface area contributed by atoms with Gasteiger partial charge >= 0.3 is 0 Å². The Bertz CT molecular complexity index is 707. The lowest BCUT2D eigenvalue weighted by Gasteiger charge is -2.31. The number of benzene rings is 1. The molecule has 1 aromatic carbocycles. The second-order valence-electron chi connectivity index (χ2n) is 7.06. The molecule has 0 saturated heterocycles. The van der Waals surface area contributed by atoms with E-state index < -0.39 is 0 Å². The smallest absolute Gasteiger partial charge is 0.225 e. The quantitative estimate of drug-likeness (QED) is 0.927. The van der Waals surface area contributed by atoms with Gasteiger partial charge in [0.15, 0.2) is 0 Å². The summed E-state index contributed by atoms with van der Waals surface area (Å²) in [6.07, 6.45) is 7.73. The molecular formula is C19H24N4O2. The van der Waals surface area contributed by atoms with E-state index in [0.29, 0.717) is 6.54 Å². The first kappa shape index (κ1) is 16.1. The van der Waals surface area contributed by atoms with Crippen LogP contribution in [0.15, 0.2) is 36.5 Å². The molecule has 25 heavy (non-hydrogen) atoms. The van der Waals surface area contributed by atoms with Crippen molar-refractivity contribution >= 4 is 5.91 Å². The normalized spacial score (nSPS) is 25.8. The number of carbonyl (C=O) groups is 1. The van der Waals surface area contributed by atoms with E-state index in [-0.39, 0.29) is 24.0 Å². The van der Waals surface area contributed by atoms with Crippen molar-refractivity contribution in [2.24, 2.45) is 5.92 Å². The predicted molar refractivity (Wildman–Crippen MR) is 93.1 cm³/mol. The van der Waals surface area contributed by atoms with Crippen LogP contribution in [0.3, 0.4) is 0 Å². The van der Waals surface area contributed by atoms with E-state index in [2.05, 4.69) is 15.6 Å². The second kappa shape index (κ2) is 7.25. The van der Waals surface area contributed by atoms with Crippen LogP contribution >= 0.6 is 0 Å². The standard InChI is InChI=1S/C19H24N4O2/c24-19(14-6-9-16-12-20-22-23(16)13-14)21-15-7-10-18(11-8-15)25-17-4-2-1-3-5-17/h1-5,12,14-15,18H,6-11,13H2,(H,21,24). The molecule has 1 fully saturated rings. The number of nitrogens with zero attached hydrogens (tertiary/aromatic N) is 3. The first-order valence-electron chi connectivity index (χ1n) is 9.17. The minimum Gasteiger partial charge on any atom is -0.490 e. The Morgan fingerprint density at radius 3 is 2.72 bits per heavy atom. The van der Waals surface area contributed by atoms with Crippen molar-refractivity contribution < 1.29 is 9.53 Å². The number of fused-ring (bicyclic) bond motifs is 1. The van der Waals surface area contributed by atoms with Crippen molar-refractivity contribution in [2.45, 2.75) is 57.2 Å². The van der Waals surface area contributed by atoms with Gasteiger partial charge in [-0.25, -0.2) is 4.68 Å². The Morgan fingerprint density at radius 1 is 1.12 bits per heavy atom. The molecular weight excluding hydrogens is 316 g/mol. The van der Waals surface area contributed by atoms with Gasteiger partial charge in [0.25, 0.3) is 0 Å². The van der Waals surface area contributed by atoms with Crippen molar-refractivity contribution in [3.8, 4) is 5.75 Å². The summed E-state index contributed by atoms with van der Waals surface area (Å²) in [4.78, 5) is 12.6. The average Bonchev–Trinajstić information content (AvgIpc) is 3.12. The first-order valence-corrected chi connectivity index (χ1v) is 9.17. The summed E-state index contributed by atoms with van der Waals surface area (Å²) in [5.74, 6) is 1.10. The van der Waals surface area contributed by atoms with Gasteiger partial charge in [-0.3, -0.25) is 4.79 Å². The Labute approximate surface area is 147 Å². The molecule has 1 unspecified atom stereocenters. The molecule has 1 aliphatic carbocycles. The zero-order valence-electron chi connectivity index (χ0n) is 14.3. The molecule has 6 heteroatoms. The highest BCUT2D eigenvalue weighted by molar-refractivity contribution is 5.79. The van der Waals surface area contributed by atoms with Crippen LogP contribution < -0.4 is 10.1 Å². The number of nitrogens with one attached hydrogen (secondary N) is 1. The van der Waals surface area contributed by atoms with E-state index in [1.807, 2.05) is 35.0 Å². The largest absolute Gasteiger partial charge is 0.490 e. The van der Waals surface area contributed by atoms with Gasteiger partial charge in [0.2, 0.25) is 5.91 Å². The van der Waals surface area contributed by atoms with Gasteiger partial charge in [-0.05, 0) is 50.7 Å². The van der Waals surface area contributed by atoms with E-state index >= 15 is 0 Å². The number of carbonyl (C=O) groups excluding carboxylic acids is 1. The lowest BCUT2D eigenvalue weighted by Crippen LogP contribution is -2.44. The number of para-hydroxylation sites is 1. The number of ether oxygens (including phenoxy) is 1. The van der Waals surface area contributed by atoms with E-state index in [1.54, 1.807) is 6.20 Å². The number of rotatable bonds is 4. The van der Waals surface area contributed by atoms with Gasteiger partial charge < -0.3 is 10.1 Å². The molecule has 1 aromatic heterocycles. The number of hydrogen-bond donors (Lipinski definition) is 1. The van der Waals surface area contributed by atoms with Gasteiger partial charge in [-0.15, -0.1) is 5.10 Å². The van der Waals surface area contributed by atoms with E-state index in [0.717, 1.165) is 50.0 Å². The minimum atomic E-state index is 0.00694. The van der Waals surface area contributed by atoms with Crippen LogP contribution in [0.5, 0.6) is 5.75 Å². The number of aryl methyl sites for hydroxylation is 1. The zero-order chi connectivity index (χ0) is 17.1. The highest BCUT2D eigenvalue weighted by Crippen LogP contribution is 2.25. The van der Waals surface area contributed by atoms with Crippen LogP contribution in [-0.4, -0.2) is 33.0 Å². The monoisotopic (exact) mass is 340 g/mol. The summed E-state index contributed by atoms with van der Waals surface area (Å²) in [5, 5.41) is 11.2. The zero-order valence-corrected chi connectivity index (χ0v) is 14.3. The number of amides is 1. The van der Waals surface area contributed by atoms with E-state index in [4.69, 9.17) is 4.74 Å². The maximum absolute atomic E-state index is 12.6. The SMILES string of the molecule is O=C(NC1CCC(Oc2ccccc2)CC1)C1CCc2cnnn2C1. The molecule has 1 N–H and O–H groups in total. The molecule has 2 heterocycles. The van der Waals surface area contributed by atoms with Gasteiger partial charge in [0.1, 0.15) is 5.75 Å². The molecule has 132 valence electrons. The van der Waals surface area contributed by atoms with Crippen molar-refractivity contribution in [1.29, 1.82) is 0 Å². The predicted octanol–water partition coefficient (Wildman–Crippen LogP) is 2.35. The van der Waals surface area contributed by atoms with Crippen LogP contribution in [0.2, 0.25) is 0 Å². The molecule has 1 saturated carbocycles. The van der Waals surface area contributed by atoms with Crippen LogP contribution in [-0.2, 0) is 17.8 Å². The van der Waals surface area contributed by atoms with Crippen LogP contribution in [0.25, 0.3) is 0 Å². The van der Waals surface area contributed by atoms with Gasteiger partial charge in [0, 0.05) is 6.04 Å². The minimum absolute atomic E-state index is 0.00694. The second-order valence-corrected chi connectivity index (χ2v) is 7.06. The first-order chi connectivity index (χ1) is 12.3. The van der Waals surface area contributed by atoms with E-state index in [1.165, 1.54) is 0 Å². The third kappa shape index (κ3) is 3.83. The van der Waals surface area contributed by atoms with Crippen LogP contribution in [0.4, 0.5) is 0 Å². The lowest BCUT2D eigenvalue weighted by molar-refractivity contribution is -0.127. The molecule has 1 aliphatic heterocycles. The van der Waals surface area contributed by atoms with Crippen molar-refractivity contribution in [1.82, 2.24) is 20.3 Å². The van der Waals surface area contributed by atoms with Crippen molar-refractivity contribution in [3.63, 3.8) is 0 Å². The number of hydrogen-bond acceptors (Lipinski definition) is 4. The Morgan fingerprint density at radius 2 is 1.92 bits per heavy atom. The molecule has 2 aromatic rings. The third-order valence-corrected chi connectivity index (χ3v) is 5.28. The van der Waals surface area contributed by atoms with Gasteiger partial charge in [0.05, 0.1) is 30.5 Å². The summed E-state index contributed by atoms with van der Waals surface area (Å²) >= 11 is 0. The molecule has 1 amide bonds. The van der Waals surface area contributed by atoms with Crippen LogP contribution in [0, 0.1) is 5.92 Å². The molecule has 0 spiro atoms. The summed E-state index contributed by atoms with van der Waals surface area (Å²) in [5.41, 5.74) is 1.13. The topological polar surface area (TPSA) is 69.0 Å². The molecule has 2 aliphatic rings. The van der Waals surface area contributed by atoms with Crippen molar-refractivity contribution in [3.05, 3.63) is 42.2 Å². The van der Waals surface area contributed by atoms with Gasteiger partial charge in [-0.1, -0.05) is 23.4 Å². The van der Waals surface area contributed by atoms with E-state index in [9.17, 15) is 4.79 Å². The Balaban J connectivity index is 1.24. The Hall–Kier alpha value is -2.37.